The first kappa shape index (κ1) is 23.5. The van der Waals surface area contributed by atoms with Gasteiger partial charge in [-0.05, 0) is 101 Å². The third kappa shape index (κ3) is 5.13. The van der Waals surface area contributed by atoms with Crippen LogP contribution in [-0.4, -0.2) is 16.6 Å². The number of nitrogens with zero attached hydrogens (tertiary/aromatic N) is 2. The zero-order valence-corrected chi connectivity index (χ0v) is 20.7. The number of rotatable bonds is 7. The van der Waals surface area contributed by atoms with Crippen molar-refractivity contribution < 1.29 is 13.9 Å². The quantitative estimate of drug-likeness (QED) is 0.264. The molecule has 0 bridgehead atoms. The number of hydrogen-bond acceptors (Lipinski definition) is 4. The van der Waals surface area contributed by atoms with Crippen molar-refractivity contribution in [3.8, 4) is 17.6 Å². The molecule has 172 valence electrons. The third-order valence-electron chi connectivity index (χ3n) is 5.41. The lowest BCUT2D eigenvalue weighted by Crippen LogP contribution is -2.01. The maximum atomic E-state index is 13.2. The van der Waals surface area contributed by atoms with Gasteiger partial charge in [-0.25, -0.2) is 9.37 Å². The summed E-state index contributed by atoms with van der Waals surface area (Å²) in [5.74, 6) is 1.29. The van der Waals surface area contributed by atoms with Crippen LogP contribution in [0.3, 0.4) is 0 Å². The predicted molar refractivity (Wildman–Crippen MR) is 135 cm³/mol. The number of aromatic nitrogens is 2. The molecule has 4 rings (SSSR count). The summed E-state index contributed by atoms with van der Waals surface area (Å²) in [5, 5.41) is 9.83. The minimum Gasteiger partial charge on any atom is -0.490 e. The summed E-state index contributed by atoms with van der Waals surface area (Å²) >= 11 is 3.56. The SMILES string of the molecule is CCOc1cc(/C=C(/C#N)c2nc3cc(C)c(C)cc3[nH]2)cc(Br)c1OCc1ccc(F)cc1. The van der Waals surface area contributed by atoms with Crippen LogP contribution < -0.4 is 9.47 Å². The second-order valence-electron chi connectivity index (χ2n) is 7.89. The third-order valence-corrected chi connectivity index (χ3v) is 6.00. The maximum absolute atomic E-state index is 13.2. The van der Waals surface area contributed by atoms with Crippen molar-refractivity contribution >= 4 is 38.6 Å². The van der Waals surface area contributed by atoms with Gasteiger partial charge in [-0.3, -0.25) is 0 Å². The van der Waals surface area contributed by atoms with E-state index < -0.39 is 0 Å². The minimum atomic E-state index is -0.293. The number of allylic oxidation sites excluding steroid dienone is 1. The summed E-state index contributed by atoms with van der Waals surface area (Å²) in [6, 6.07) is 16.1. The molecule has 0 saturated heterocycles. The van der Waals surface area contributed by atoms with Crippen LogP contribution in [0.2, 0.25) is 0 Å². The number of H-pyrrole nitrogens is 1. The van der Waals surface area contributed by atoms with Crippen LogP contribution in [0.25, 0.3) is 22.7 Å². The van der Waals surface area contributed by atoms with E-state index in [1.54, 1.807) is 18.2 Å². The molecular formula is C27H23BrFN3O2. The highest BCUT2D eigenvalue weighted by Crippen LogP contribution is 2.38. The Morgan fingerprint density at radius 3 is 2.56 bits per heavy atom. The fourth-order valence-electron chi connectivity index (χ4n) is 3.53. The molecule has 0 atom stereocenters. The molecule has 7 heteroatoms. The lowest BCUT2D eigenvalue weighted by Gasteiger charge is -2.15. The highest BCUT2D eigenvalue weighted by molar-refractivity contribution is 9.10. The van der Waals surface area contributed by atoms with Crippen molar-refractivity contribution in [2.75, 3.05) is 6.61 Å². The van der Waals surface area contributed by atoms with Crippen LogP contribution in [-0.2, 0) is 6.61 Å². The lowest BCUT2D eigenvalue weighted by molar-refractivity contribution is 0.267. The van der Waals surface area contributed by atoms with E-state index in [9.17, 15) is 9.65 Å². The number of aryl methyl sites for hydroxylation is 2. The predicted octanol–water partition coefficient (Wildman–Crippen LogP) is 7.12. The summed E-state index contributed by atoms with van der Waals surface area (Å²) in [4.78, 5) is 7.86. The van der Waals surface area contributed by atoms with Crippen LogP contribution in [0.5, 0.6) is 11.5 Å². The topological polar surface area (TPSA) is 70.9 Å². The Morgan fingerprint density at radius 1 is 1.12 bits per heavy atom. The van der Waals surface area contributed by atoms with Crippen LogP contribution >= 0.6 is 15.9 Å². The van der Waals surface area contributed by atoms with Gasteiger partial charge in [0.15, 0.2) is 11.5 Å². The van der Waals surface area contributed by atoms with Crippen molar-refractivity contribution in [3.63, 3.8) is 0 Å². The molecular weight excluding hydrogens is 497 g/mol. The molecule has 0 aliphatic heterocycles. The molecule has 0 fully saturated rings. The molecule has 0 amide bonds. The number of hydrogen-bond donors (Lipinski definition) is 1. The Bertz CT molecular complexity index is 1380. The normalized spacial score (nSPS) is 11.5. The number of aromatic amines is 1. The minimum absolute atomic E-state index is 0.259. The first-order chi connectivity index (χ1) is 16.4. The highest BCUT2D eigenvalue weighted by atomic mass is 79.9. The zero-order valence-electron chi connectivity index (χ0n) is 19.1. The first-order valence-electron chi connectivity index (χ1n) is 10.8. The van der Waals surface area contributed by atoms with Crippen LogP contribution in [0.15, 0.2) is 53.0 Å². The Kier molecular flexibility index (Phi) is 6.99. The van der Waals surface area contributed by atoms with E-state index in [0.717, 1.165) is 33.3 Å². The largest absolute Gasteiger partial charge is 0.490 e. The number of fused-ring (bicyclic) bond motifs is 1. The number of nitrogens with one attached hydrogen (secondary N) is 1. The number of nitriles is 1. The Hall–Kier alpha value is -3.63. The van der Waals surface area contributed by atoms with Gasteiger partial charge in [-0.1, -0.05) is 12.1 Å². The van der Waals surface area contributed by atoms with E-state index in [-0.39, 0.29) is 12.4 Å². The first-order valence-corrected chi connectivity index (χ1v) is 11.6. The average molecular weight is 520 g/mol. The summed E-state index contributed by atoms with van der Waals surface area (Å²) in [7, 11) is 0. The standard InChI is InChI=1S/C27H23BrFN3O2/c1-4-33-25-13-19(12-22(28)26(25)34-15-18-5-7-21(29)8-6-18)11-20(14-30)27-31-23-9-16(2)17(3)10-24(23)32-27/h5-13H,4,15H2,1-3H3,(H,31,32)/b20-11-. The smallest absolute Gasteiger partial charge is 0.175 e. The van der Waals surface area contributed by atoms with Crippen molar-refractivity contribution in [2.45, 2.75) is 27.4 Å². The Morgan fingerprint density at radius 2 is 1.85 bits per heavy atom. The van der Waals surface area contributed by atoms with Gasteiger partial charge in [0.05, 0.1) is 27.7 Å². The van der Waals surface area contributed by atoms with Crippen LogP contribution in [0, 0.1) is 31.0 Å². The Balaban J connectivity index is 1.66. The van der Waals surface area contributed by atoms with E-state index >= 15 is 0 Å². The molecule has 34 heavy (non-hydrogen) atoms. The lowest BCUT2D eigenvalue weighted by atomic mass is 10.1. The van der Waals surface area contributed by atoms with Crippen molar-refractivity contribution in [1.82, 2.24) is 9.97 Å². The van der Waals surface area contributed by atoms with Crippen molar-refractivity contribution in [2.24, 2.45) is 0 Å². The van der Waals surface area contributed by atoms with E-state index in [4.69, 9.17) is 9.47 Å². The van der Waals surface area contributed by atoms with Gasteiger partial charge in [-0.2, -0.15) is 5.26 Å². The van der Waals surface area contributed by atoms with Gasteiger partial charge in [0, 0.05) is 0 Å². The van der Waals surface area contributed by atoms with Gasteiger partial charge in [0.25, 0.3) is 0 Å². The summed E-state index contributed by atoms with van der Waals surface area (Å²) in [6.45, 7) is 6.67. The molecule has 0 spiro atoms. The zero-order chi connectivity index (χ0) is 24.2. The molecule has 1 heterocycles. The van der Waals surface area contributed by atoms with Crippen LogP contribution in [0.4, 0.5) is 4.39 Å². The molecule has 3 aromatic carbocycles. The van der Waals surface area contributed by atoms with E-state index in [2.05, 4.69) is 32.0 Å². The average Bonchev–Trinajstić information content (AvgIpc) is 3.21. The molecule has 0 aliphatic carbocycles. The van der Waals surface area contributed by atoms with Gasteiger partial charge in [0.1, 0.15) is 24.3 Å². The highest BCUT2D eigenvalue weighted by Gasteiger charge is 2.14. The molecule has 5 nitrogen and oxygen atoms in total. The summed E-state index contributed by atoms with van der Waals surface area (Å²) in [6.07, 6.45) is 1.76. The Labute approximate surface area is 206 Å². The van der Waals surface area contributed by atoms with Gasteiger partial charge in [0.2, 0.25) is 0 Å². The summed E-state index contributed by atoms with van der Waals surface area (Å²) in [5.41, 5.74) is 6.01. The maximum Gasteiger partial charge on any atom is 0.175 e. The van der Waals surface area contributed by atoms with Crippen LogP contribution in [0.1, 0.15) is 35.0 Å². The van der Waals surface area contributed by atoms with E-state index in [1.165, 1.54) is 12.1 Å². The molecule has 4 aromatic rings. The molecule has 0 radical (unpaired) electrons. The summed E-state index contributed by atoms with van der Waals surface area (Å²) < 4.78 is 25.6. The van der Waals surface area contributed by atoms with Crippen molar-refractivity contribution in [1.29, 1.82) is 5.26 Å². The molecule has 0 saturated carbocycles. The number of ether oxygens (including phenoxy) is 2. The van der Waals surface area contributed by atoms with E-state index in [0.29, 0.717) is 34.0 Å². The van der Waals surface area contributed by atoms with Gasteiger partial charge < -0.3 is 14.5 Å². The monoisotopic (exact) mass is 519 g/mol. The van der Waals surface area contributed by atoms with E-state index in [1.807, 2.05) is 45.0 Å². The molecule has 1 aromatic heterocycles. The second kappa shape index (κ2) is 10.1. The number of imidazole rings is 1. The number of benzene rings is 3. The fraction of sp³-hybridized carbons (Fsp3) is 0.185. The molecule has 0 unspecified atom stereocenters. The van der Waals surface area contributed by atoms with Gasteiger partial charge >= 0.3 is 0 Å². The molecule has 1 N–H and O–H groups in total. The van der Waals surface area contributed by atoms with Gasteiger partial charge in [-0.15, -0.1) is 0 Å². The molecule has 0 aliphatic rings. The number of halogens is 2. The van der Waals surface area contributed by atoms with Crippen molar-refractivity contribution in [3.05, 3.63) is 86.9 Å². The second-order valence-corrected chi connectivity index (χ2v) is 8.74. The fourth-order valence-corrected chi connectivity index (χ4v) is 4.10.